The van der Waals surface area contributed by atoms with Gasteiger partial charge in [-0.3, -0.25) is 4.79 Å². The van der Waals surface area contributed by atoms with Crippen molar-refractivity contribution in [1.82, 2.24) is 5.01 Å². The molecule has 0 saturated carbocycles. The SMILES string of the molecule is CC(C)CCC1=NN(C(=O)Cc2ccccc2)[C@](O)(C(F)(F)F)C1. The molecular formula is C17H21F3N2O2. The van der Waals surface area contributed by atoms with Gasteiger partial charge in [-0.05, 0) is 24.3 Å². The largest absolute Gasteiger partial charge is 0.438 e. The Morgan fingerprint density at radius 1 is 1.33 bits per heavy atom. The first-order chi connectivity index (χ1) is 11.1. The quantitative estimate of drug-likeness (QED) is 0.890. The van der Waals surface area contributed by atoms with Crippen molar-refractivity contribution in [3.8, 4) is 0 Å². The second-order valence-electron chi connectivity index (χ2n) is 6.46. The van der Waals surface area contributed by atoms with Crippen molar-refractivity contribution in [2.75, 3.05) is 0 Å². The van der Waals surface area contributed by atoms with Crippen LogP contribution in [0, 0.1) is 5.92 Å². The Labute approximate surface area is 139 Å². The van der Waals surface area contributed by atoms with Gasteiger partial charge < -0.3 is 5.11 Å². The van der Waals surface area contributed by atoms with E-state index in [1.165, 1.54) is 0 Å². The van der Waals surface area contributed by atoms with Crippen molar-refractivity contribution in [3.05, 3.63) is 35.9 Å². The number of hydrogen-bond acceptors (Lipinski definition) is 3. The van der Waals surface area contributed by atoms with Gasteiger partial charge in [0.25, 0.3) is 5.72 Å². The van der Waals surface area contributed by atoms with Crippen LogP contribution in [0.3, 0.4) is 0 Å². The van der Waals surface area contributed by atoms with Gasteiger partial charge in [0.05, 0.1) is 6.42 Å². The molecule has 1 aromatic rings. The van der Waals surface area contributed by atoms with E-state index >= 15 is 0 Å². The average molecular weight is 342 g/mol. The minimum Gasteiger partial charge on any atom is -0.362 e. The van der Waals surface area contributed by atoms with Gasteiger partial charge in [-0.25, -0.2) is 0 Å². The van der Waals surface area contributed by atoms with E-state index in [0.717, 1.165) is 0 Å². The van der Waals surface area contributed by atoms with Crippen LogP contribution in [0.15, 0.2) is 35.4 Å². The third-order valence-electron chi connectivity index (χ3n) is 3.94. The van der Waals surface area contributed by atoms with Crippen LogP contribution in [0.25, 0.3) is 0 Å². The number of aliphatic hydroxyl groups is 1. The first-order valence-electron chi connectivity index (χ1n) is 7.86. The Kier molecular flexibility index (Phi) is 5.32. The first kappa shape index (κ1) is 18.4. The second kappa shape index (κ2) is 6.93. The molecule has 0 aromatic heterocycles. The van der Waals surface area contributed by atoms with E-state index in [2.05, 4.69) is 5.10 Å². The van der Waals surface area contributed by atoms with Crippen LogP contribution in [0.2, 0.25) is 0 Å². The molecular weight excluding hydrogens is 321 g/mol. The number of hydrogen-bond donors (Lipinski definition) is 1. The highest BCUT2D eigenvalue weighted by Gasteiger charge is 2.62. The van der Waals surface area contributed by atoms with E-state index in [0.29, 0.717) is 24.3 Å². The van der Waals surface area contributed by atoms with Gasteiger partial charge in [-0.15, -0.1) is 0 Å². The predicted molar refractivity (Wildman–Crippen MR) is 84.1 cm³/mol. The maximum absolute atomic E-state index is 13.3. The number of halogens is 3. The van der Waals surface area contributed by atoms with E-state index < -0.39 is 24.2 Å². The van der Waals surface area contributed by atoms with Crippen LogP contribution < -0.4 is 0 Å². The zero-order chi connectivity index (χ0) is 18.0. The van der Waals surface area contributed by atoms with Crippen LogP contribution in [0.1, 0.15) is 38.7 Å². The molecule has 0 aliphatic carbocycles. The number of hydrazone groups is 1. The molecule has 1 aliphatic rings. The minimum absolute atomic E-state index is 0.199. The molecule has 1 amide bonds. The Bertz CT molecular complexity index is 614. The summed E-state index contributed by atoms with van der Waals surface area (Å²) < 4.78 is 40.0. The Hall–Kier alpha value is -1.89. The summed E-state index contributed by atoms with van der Waals surface area (Å²) in [6, 6.07) is 8.42. The van der Waals surface area contributed by atoms with E-state index in [-0.39, 0.29) is 17.1 Å². The third kappa shape index (κ3) is 3.95. The van der Waals surface area contributed by atoms with E-state index in [4.69, 9.17) is 0 Å². The summed E-state index contributed by atoms with van der Waals surface area (Å²) in [7, 11) is 0. The number of benzene rings is 1. The minimum atomic E-state index is -4.97. The topological polar surface area (TPSA) is 52.9 Å². The molecule has 1 aromatic carbocycles. The first-order valence-corrected chi connectivity index (χ1v) is 7.86. The smallest absolute Gasteiger partial charge is 0.362 e. The Balaban J connectivity index is 2.22. The normalized spacial score (nSPS) is 21.3. The van der Waals surface area contributed by atoms with Gasteiger partial charge in [0.2, 0.25) is 5.91 Å². The predicted octanol–water partition coefficient (Wildman–Crippen LogP) is 3.50. The molecule has 2 rings (SSSR count). The third-order valence-corrected chi connectivity index (χ3v) is 3.94. The maximum atomic E-state index is 13.3. The summed E-state index contributed by atoms with van der Waals surface area (Å²) in [6.45, 7) is 3.90. The lowest BCUT2D eigenvalue weighted by Gasteiger charge is -2.32. The summed E-state index contributed by atoms with van der Waals surface area (Å²) in [6.07, 6.45) is -4.94. The van der Waals surface area contributed by atoms with Crippen molar-refractivity contribution in [3.63, 3.8) is 0 Å². The molecule has 1 heterocycles. The molecule has 1 atom stereocenters. The Morgan fingerprint density at radius 3 is 2.50 bits per heavy atom. The van der Waals surface area contributed by atoms with Gasteiger partial charge in [0.15, 0.2) is 0 Å². The lowest BCUT2D eigenvalue weighted by Crippen LogP contribution is -2.57. The fraction of sp³-hybridized carbons (Fsp3) is 0.529. The number of carbonyl (C=O) groups is 1. The molecule has 132 valence electrons. The number of rotatable bonds is 5. The molecule has 0 saturated heterocycles. The molecule has 7 heteroatoms. The van der Waals surface area contributed by atoms with E-state index in [9.17, 15) is 23.1 Å². The van der Waals surface area contributed by atoms with Crippen molar-refractivity contribution >= 4 is 11.6 Å². The molecule has 0 unspecified atom stereocenters. The zero-order valence-corrected chi connectivity index (χ0v) is 13.7. The van der Waals surface area contributed by atoms with Gasteiger partial charge in [-0.1, -0.05) is 44.2 Å². The highest BCUT2D eigenvalue weighted by atomic mass is 19.4. The van der Waals surface area contributed by atoms with Gasteiger partial charge in [0.1, 0.15) is 0 Å². The molecule has 0 fully saturated rings. The molecule has 0 radical (unpaired) electrons. The molecule has 1 aliphatic heterocycles. The van der Waals surface area contributed by atoms with Crippen LogP contribution >= 0.6 is 0 Å². The average Bonchev–Trinajstić information content (AvgIpc) is 2.84. The number of carbonyl (C=O) groups excluding carboxylic acids is 1. The van der Waals surface area contributed by atoms with Crippen molar-refractivity contribution in [1.29, 1.82) is 0 Å². The summed E-state index contributed by atoms with van der Waals surface area (Å²) in [4.78, 5) is 12.3. The van der Waals surface area contributed by atoms with Crippen molar-refractivity contribution in [2.45, 2.75) is 51.4 Å². The lowest BCUT2D eigenvalue weighted by atomic mass is 9.99. The van der Waals surface area contributed by atoms with Crippen LogP contribution in [-0.2, 0) is 11.2 Å². The van der Waals surface area contributed by atoms with E-state index in [1.807, 2.05) is 13.8 Å². The van der Waals surface area contributed by atoms with Crippen LogP contribution in [-0.4, -0.2) is 33.6 Å². The van der Waals surface area contributed by atoms with Crippen LogP contribution in [0.4, 0.5) is 13.2 Å². The summed E-state index contributed by atoms with van der Waals surface area (Å²) >= 11 is 0. The molecule has 4 nitrogen and oxygen atoms in total. The highest BCUT2D eigenvalue weighted by molar-refractivity contribution is 5.91. The number of nitrogens with zero attached hydrogens (tertiary/aromatic N) is 2. The molecule has 0 spiro atoms. The van der Waals surface area contributed by atoms with Gasteiger partial charge in [0, 0.05) is 12.1 Å². The van der Waals surface area contributed by atoms with Crippen LogP contribution in [0.5, 0.6) is 0 Å². The van der Waals surface area contributed by atoms with E-state index in [1.54, 1.807) is 30.3 Å². The maximum Gasteiger partial charge on any atom is 0.438 e. The molecule has 0 bridgehead atoms. The summed E-state index contributed by atoms with van der Waals surface area (Å²) in [5.74, 6) is -0.582. The fourth-order valence-corrected chi connectivity index (χ4v) is 2.54. The van der Waals surface area contributed by atoms with Crippen molar-refractivity contribution in [2.24, 2.45) is 11.0 Å². The molecule has 1 N–H and O–H groups in total. The monoisotopic (exact) mass is 342 g/mol. The fourth-order valence-electron chi connectivity index (χ4n) is 2.54. The number of alkyl halides is 3. The molecule has 24 heavy (non-hydrogen) atoms. The summed E-state index contributed by atoms with van der Waals surface area (Å²) in [5.41, 5.74) is -2.49. The Morgan fingerprint density at radius 2 is 1.96 bits per heavy atom. The van der Waals surface area contributed by atoms with Crippen molar-refractivity contribution < 1.29 is 23.1 Å². The second-order valence-corrected chi connectivity index (χ2v) is 6.46. The number of amides is 1. The summed E-state index contributed by atoms with van der Waals surface area (Å²) in [5, 5.41) is 14.2. The highest BCUT2D eigenvalue weighted by Crippen LogP contribution is 2.41. The van der Waals surface area contributed by atoms with Gasteiger partial charge >= 0.3 is 6.18 Å². The standard InChI is InChI=1S/C17H21F3N2O2/c1-12(2)8-9-14-11-16(24,17(18,19)20)22(21-14)15(23)10-13-6-4-3-5-7-13/h3-7,12,24H,8-11H2,1-2H3/t16-/m1/s1. The zero-order valence-electron chi connectivity index (χ0n) is 13.7. The van der Waals surface area contributed by atoms with Gasteiger partial charge in [-0.2, -0.15) is 23.3 Å². The lowest BCUT2D eigenvalue weighted by molar-refractivity contribution is -0.302.